The normalized spacial score (nSPS) is 41.3. The molecule has 200 valence electrons. The number of ketones is 3. The molecular weight excluding hydrogens is 456 g/mol. The SMILES string of the molecule is C[C@H](CC(=O)C[C@@H](C)[C@H]1C[C@@H](O)[C@@]2(C)C3=C(C(=O)C[C@]12C)[C@@]1(C)CCC(=O)C(C)(C)[C@H]1CC3)C(=O)O. The van der Waals surface area contributed by atoms with E-state index in [0.29, 0.717) is 25.7 Å². The molecule has 0 aromatic carbocycles. The average molecular weight is 501 g/mol. The summed E-state index contributed by atoms with van der Waals surface area (Å²) in [4.78, 5) is 50.8. The van der Waals surface area contributed by atoms with Crippen molar-refractivity contribution in [3.05, 3.63) is 11.1 Å². The van der Waals surface area contributed by atoms with E-state index in [-0.39, 0.29) is 53.4 Å². The number of carbonyl (C=O) groups excluding carboxylic acids is 3. The summed E-state index contributed by atoms with van der Waals surface area (Å²) < 4.78 is 0. The minimum absolute atomic E-state index is 0.00537. The standard InChI is InChI=1S/C30H44O6/c1-16(12-18(31)13-17(2)26(35)36)20-14-24(34)30(7)19-8-9-22-27(3,4)23(33)10-11-28(22,5)25(19)21(32)15-29(20,30)6/h16-17,20,22,24,34H,8-15H2,1-7H3,(H,35,36)/t16-,17-,20-,22-,24-,28+,29-,30-/m1/s1. The lowest BCUT2D eigenvalue weighted by atomic mass is 9.43. The number of aliphatic carboxylic acids is 1. The smallest absolute Gasteiger partial charge is 0.306 e. The summed E-state index contributed by atoms with van der Waals surface area (Å²) in [6, 6.07) is 0. The van der Waals surface area contributed by atoms with Gasteiger partial charge in [0.2, 0.25) is 0 Å². The molecule has 4 rings (SSSR count). The van der Waals surface area contributed by atoms with Gasteiger partial charge in [0.15, 0.2) is 5.78 Å². The van der Waals surface area contributed by atoms with Gasteiger partial charge in [-0.1, -0.05) is 54.0 Å². The Bertz CT molecular complexity index is 1040. The molecular formula is C30H44O6. The third kappa shape index (κ3) is 3.60. The largest absolute Gasteiger partial charge is 0.481 e. The van der Waals surface area contributed by atoms with Crippen LogP contribution in [0.25, 0.3) is 0 Å². The van der Waals surface area contributed by atoms with Crippen LogP contribution in [-0.4, -0.2) is 39.6 Å². The molecule has 0 saturated heterocycles. The third-order valence-corrected chi connectivity index (χ3v) is 11.6. The van der Waals surface area contributed by atoms with Gasteiger partial charge in [-0.15, -0.1) is 0 Å². The number of hydrogen-bond donors (Lipinski definition) is 2. The molecule has 0 amide bonds. The van der Waals surface area contributed by atoms with Crippen LogP contribution in [0, 0.1) is 45.3 Å². The molecule has 2 fully saturated rings. The van der Waals surface area contributed by atoms with Crippen LogP contribution in [0.5, 0.6) is 0 Å². The minimum atomic E-state index is -0.971. The summed E-state index contributed by atoms with van der Waals surface area (Å²) >= 11 is 0. The number of hydrogen-bond acceptors (Lipinski definition) is 5. The molecule has 0 bridgehead atoms. The Hall–Kier alpha value is -1.82. The summed E-state index contributed by atoms with van der Waals surface area (Å²) in [5, 5.41) is 20.8. The van der Waals surface area contributed by atoms with Crippen LogP contribution in [0.15, 0.2) is 11.1 Å². The Labute approximate surface area is 215 Å². The number of aliphatic hydroxyl groups excluding tert-OH is 1. The molecule has 0 unspecified atom stereocenters. The summed E-state index contributed by atoms with van der Waals surface area (Å²) in [6.45, 7) is 14.1. The van der Waals surface area contributed by atoms with Crippen molar-refractivity contribution in [1.82, 2.24) is 0 Å². The van der Waals surface area contributed by atoms with E-state index in [4.69, 9.17) is 0 Å². The molecule has 6 heteroatoms. The van der Waals surface area contributed by atoms with Crippen LogP contribution in [0.2, 0.25) is 0 Å². The number of carbonyl (C=O) groups is 4. The van der Waals surface area contributed by atoms with Gasteiger partial charge in [0, 0.05) is 47.5 Å². The lowest BCUT2D eigenvalue weighted by molar-refractivity contribution is -0.143. The van der Waals surface area contributed by atoms with Gasteiger partial charge in [0.05, 0.1) is 12.0 Å². The number of fused-ring (bicyclic) bond motifs is 4. The van der Waals surface area contributed by atoms with Gasteiger partial charge in [-0.25, -0.2) is 0 Å². The van der Waals surface area contributed by atoms with Gasteiger partial charge in [-0.3, -0.25) is 19.2 Å². The molecule has 0 aromatic heterocycles. The third-order valence-electron chi connectivity index (χ3n) is 11.6. The quantitative estimate of drug-likeness (QED) is 0.521. The monoisotopic (exact) mass is 500 g/mol. The van der Waals surface area contributed by atoms with E-state index in [2.05, 4.69) is 20.8 Å². The van der Waals surface area contributed by atoms with Crippen molar-refractivity contribution in [2.45, 2.75) is 106 Å². The molecule has 4 aliphatic carbocycles. The Balaban J connectivity index is 1.70. The van der Waals surface area contributed by atoms with Crippen molar-refractivity contribution < 1.29 is 29.4 Å². The van der Waals surface area contributed by atoms with Crippen LogP contribution < -0.4 is 0 Å². The number of aliphatic hydroxyl groups is 1. The molecule has 4 aliphatic rings. The predicted octanol–water partition coefficient (Wildman–Crippen LogP) is 5.16. The predicted molar refractivity (Wildman–Crippen MR) is 136 cm³/mol. The molecule has 2 N–H and O–H groups in total. The molecule has 36 heavy (non-hydrogen) atoms. The second-order valence-electron chi connectivity index (χ2n) is 13.7. The molecule has 0 heterocycles. The van der Waals surface area contributed by atoms with Crippen molar-refractivity contribution in [1.29, 1.82) is 0 Å². The fourth-order valence-corrected chi connectivity index (χ4v) is 9.26. The summed E-state index contributed by atoms with van der Waals surface area (Å²) in [6.07, 6.45) is 3.25. The number of allylic oxidation sites excluding steroid dienone is 1. The van der Waals surface area contributed by atoms with Crippen LogP contribution in [-0.2, 0) is 19.2 Å². The Morgan fingerprint density at radius 3 is 2.28 bits per heavy atom. The lowest BCUT2D eigenvalue weighted by Crippen LogP contribution is -2.57. The molecule has 0 aliphatic heterocycles. The molecule has 6 nitrogen and oxygen atoms in total. The first kappa shape index (κ1) is 27.2. The Morgan fingerprint density at radius 2 is 1.67 bits per heavy atom. The van der Waals surface area contributed by atoms with Gasteiger partial charge >= 0.3 is 5.97 Å². The molecule has 0 aromatic rings. The highest BCUT2D eigenvalue weighted by Crippen LogP contribution is 2.71. The Morgan fingerprint density at radius 1 is 1.03 bits per heavy atom. The molecule has 8 atom stereocenters. The van der Waals surface area contributed by atoms with Crippen molar-refractivity contribution in [3.63, 3.8) is 0 Å². The van der Waals surface area contributed by atoms with E-state index < -0.39 is 34.2 Å². The summed E-state index contributed by atoms with van der Waals surface area (Å²) in [5.74, 6) is -1.29. The number of Topliss-reactive ketones (excluding diaryl/α,β-unsaturated/α-hetero) is 3. The van der Waals surface area contributed by atoms with Gasteiger partial charge in [0.25, 0.3) is 0 Å². The molecule has 0 radical (unpaired) electrons. The van der Waals surface area contributed by atoms with Crippen molar-refractivity contribution in [2.75, 3.05) is 0 Å². The van der Waals surface area contributed by atoms with Gasteiger partial charge in [-0.2, -0.15) is 0 Å². The van der Waals surface area contributed by atoms with E-state index in [1.807, 2.05) is 20.8 Å². The first-order valence-electron chi connectivity index (χ1n) is 13.7. The second kappa shape index (κ2) is 8.61. The van der Waals surface area contributed by atoms with Crippen LogP contribution in [0.1, 0.15) is 99.8 Å². The zero-order valence-electron chi connectivity index (χ0n) is 23.1. The maximum Gasteiger partial charge on any atom is 0.306 e. The minimum Gasteiger partial charge on any atom is -0.481 e. The van der Waals surface area contributed by atoms with Gasteiger partial charge in [-0.05, 0) is 48.9 Å². The zero-order valence-corrected chi connectivity index (χ0v) is 23.1. The molecule has 0 spiro atoms. The van der Waals surface area contributed by atoms with E-state index in [0.717, 1.165) is 24.0 Å². The van der Waals surface area contributed by atoms with Crippen molar-refractivity contribution in [3.8, 4) is 0 Å². The fraction of sp³-hybridized carbons (Fsp3) is 0.800. The highest BCUT2D eigenvalue weighted by atomic mass is 16.4. The second-order valence-corrected chi connectivity index (χ2v) is 13.7. The van der Waals surface area contributed by atoms with Gasteiger partial charge in [0.1, 0.15) is 11.6 Å². The highest BCUT2D eigenvalue weighted by Gasteiger charge is 2.68. The maximum absolute atomic E-state index is 14.0. The summed E-state index contributed by atoms with van der Waals surface area (Å²) in [5.41, 5.74) is 0.108. The van der Waals surface area contributed by atoms with Crippen molar-refractivity contribution in [2.24, 2.45) is 45.3 Å². The van der Waals surface area contributed by atoms with E-state index >= 15 is 0 Å². The van der Waals surface area contributed by atoms with Crippen LogP contribution in [0.4, 0.5) is 0 Å². The highest BCUT2D eigenvalue weighted by molar-refractivity contribution is 6.00. The Kier molecular flexibility index (Phi) is 6.51. The van der Waals surface area contributed by atoms with Crippen LogP contribution >= 0.6 is 0 Å². The zero-order chi connectivity index (χ0) is 27.0. The van der Waals surface area contributed by atoms with E-state index in [1.165, 1.54) is 0 Å². The lowest BCUT2D eigenvalue weighted by Gasteiger charge is -2.60. The van der Waals surface area contributed by atoms with Crippen molar-refractivity contribution >= 4 is 23.3 Å². The van der Waals surface area contributed by atoms with E-state index in [1.54, 1.807) is 6.92 Å². The first-order chi connectivity index (χ1) is 16.5. The van der Waals surface area contributed by atoms with E-state index in [9.17, 15) is 29.4 Å². The maximum atomic E-state index is 14.0. The fourth-order valence-electron chi connectivity index (χ4n) is 9.26. The average Bonchev–Trinajstić information content (AvgIpc) is 2.97. The number of carboxylic acid groups (broad SMARTS) is 1. The number of carboxylic acids is 1. The molecule has 2 saturated carbocycles. The topological polar surface area (TPSA) is 109 Å². The summed E-state index contributed by atoms with van der Waals surface area (Å²) in [7, 11) is 0. The van der Waals surface area contributed by atoms with Gasteiger partial charge < -0.3 is 10.2 Å². The number of rotatable bonds is 6. The van der Waals surface area contributed by atoms with Crippen LogP contribution in [0.3, 0.4) is 0 Å². The first-order valence-corrected chi connectivity index (χ1v) is 13.7.